The van der Waals surface area contributed by atoms with Gasteiger partial charge in [-0.05, 0) is 0 Å². The molecule has 0 amide bonds. The molecule has 0 fully saturated rings. The Hall–Kier alpha value is -0.970. The third kappa shape index (κ3) is 5.65. The van der Waals surface area contributed by atoms with Gasteiger partial charge in [-0.1, -0.05) is 0 Å². The summed E-state index contributed by atoms with van der Waals surface area (Å²) in [5.41, 5.74) is 11.9. The van der Waals surface area contributed by atoms with Gasteiger partial charge in [0.2, 0.25) is 0 Å². The van der Waals surface area contributed by atoms with Crippen LogP contribution in [0.15, 0.2) is 117 Å². The molecule has 0 N–H and O–H groups in total. The van der Waals surface area contributed by atoms with Gasteiger partial charge in [0.05, 0.1) is 0 Å². The molecule has 2 aromatic rings. The summed E-state index contributed by atoms with van der Waals surface area (Å²) in [6, 6.07) is 18.1. The smallest absolute Gasteiger partial charge is 1.00 e. The summed E-state index contributed by atoms with van der Waals surface area (Å²) in [6.45, 7) is 4.48. The fourth-order valence-electron chi connectivity index (χ4n) is 4.89. The second-order valence-corrected chi connectivity index (χ2v) is 19.8. The minimum Gasteiger partial charge on any atom is -1.00 e. The molecule has 2 heterocycles. The molecular formula is C30H26Cl2HfS2. The zero-order valence-electron chi connectivity index (χ0n) is 19.7. The molecule has 2 aliphatic carbocycles. The van der Waals surface area contributed by atoms with Crippen LogP contribution in [0.25, 0.3) is 11.1 Å². The number of rotatable bonds is 4. The second-order valence-electron chi connectivity index (χ2n) is 9.15. The second kappa shape index (κ2) is 11.6. The third-order valence-corrected chi connectivity index (χ3v) is 17.9. The first-order valence-electron chi connectivity index (χ1n) is 11.6. The fraction of sp³-hybridized carbons (Fsp3) is 0.200. The molecule has 0 radical (unpaired) electrons. The summed E-state index contributed by atoms with van der Waals surface area (Å²) in [6.07, 6.45) is 16.7. The van der Waals surface area contributed by atoms with Crippen LogP contribution < -0.4 is 24.8 Å². The van der Waals surface area contributed by atoms with E-state index in [9.17, 15) is 0 Å². The molecule has 176 valence electrons. The van der Waals surface area contributed by atoms with Crippen LogP contribution in [0, 0.1) is 0 Å². The van der Waals surface area contributed by atoms with E-state index >= 15 is 0 Å². The first-order valence-corrected chi connectivity index (χ1v) is 17.5. The van der Waals surface area contributed by atoms with Gasteiger partial charge in [-0.2, -0.15) is 0 Å². The van der Waals surface area contributed by atoms with Crippen molar-refractivity contribution in [1.29, 1.82) is 0 Å². The summed E-state index contributed by atoms with van der Waals surface area (Å²) in [7, 11) is 0. The van der Waals surface area contributed by atoms with Crippen LogP contribution in [-0.4, -0.2) is 6.01 Å². The molecule has 35 heavy (non-hydrogen) atoms. The van der Waals surface area contributed by atoms with Gasteiger partial charge in [0.15, 0.2) is 0 Å². The van der Waals surface area contributed by atoms with Crippen molar-refractivity contribution < 1.29 is 47.7 Å². The van der Waals surface area contributed by atoms with E-state index in [0.717, 1.165) is 12.8 Å². The molecule has 0 aromatic heterocycles. The topological polar surface area (TPSA) is 0 Å². The largest absolute Gasteiger partial charge is 1.00 e. The Balaban J connectivity index is 0.00000144. The average Bonchev–Trinajstić information content (AvgIpc) is 3.57. The normalized spacial score (nSPS) is 24.1. The monoisotopic (exact) mass is 700 g/mol. The molecule has 2 atom stereocenters. The third-order valence-electron chi connectivity index (χ3n) is 6.54. The Bertz CT molecular complexity index is 1230. The van der Waals surface area contributed by atoms with E-state index in [2.05, 4.69) is 122 Å². The van der Waals surface area contributed by atoms with Gasteiger partial charge in [-0.15, -0.1) is 0 Å². The van der Waals surface area contributed by atoms with E-state index in [4.69, 9.17) is 0 Å². The Morgan fingerprint density at radius 1 is 0.686 bits per heavy atom. The first-order chi connectivity index (χ1) is 16.1. The molecule has 4 aliphatic rings. The summed E-state index contributed by atoms with van der Waals surface area (Å²) in [5.74, 6) is 0. The molecule has 5 heteroatoms. The molecule has 0 spiro atoms. The fourth-order valence-corrected chi connectivity index (χ4v) is 18.3. The van der Waals surface area contributed by atoms with Crippen LogP contribution in [0.2, 0.25) is 0 Å². The van der Waals surface area contributed by atoms with Crippen LogP contribution in [0.5, 0.6) is 0 Å². The molecule has 0 bridgehead atoms. The number of fused-ring (bicyclic) bond motifs is 2. The standard InChI is InChI=1S/2C15H13S.2ClH.Hf/c2*1-11-6-7-12(8-11)9-13-10-16-15-5-3-2-4-14(13)15;;;/h2*2-5,7-10H,6H2,1H3;2*1H;/q;;;;+2/p-2. The molecule has 2 unspecified atom stereocenters. The molecule has 0 saturated heterocycles. The minimum absolute atomic E-state index is 0. The maximum atomic E-state index is 2.51. The van der Waals surface area contributed by atoms with Gasteiger partial charge < -0.3 is 24.8 Å². The van der Waals surface area contributed by atoms with Gasteiger partial charge in [-0.25, -0.2) is 0 Å². The molecule has 2 aliphatic heterocycles. The van der Waals surface area contributed by atoms with Crippen LogP contribution in [0.4, 0.5) is 0 Å². The molecule has 2 aromatic carbocycles. The van der Waals surface area contributed by atoms with Crippen molar-refractivity contribution in [2.24, 2.45) is 0 Å². The maximum Gasteiger partial charge on any atom is -1.00 e. The van der Waals surface area contributed by atoms with Crippen molar-refractivity contribution in [2.75, 3.05) is 0 Å². The van der Waals surface area contributed by atoms with Crippen molar-refractivity contribution in [3.63, 3.8) is 0 Å². The number of thioether (sulfide) groups is 2. The quantitative estimate of drug-likeness (QED) is 0.451. The number of allylic oxidation sites excluding steroid dienone is 10. The Labute approximate surface area is 241 Å². The number of hydrogen-bond acceptors (Lipinski definition) is 2. The van der Waals surface area contributed by atoms with Gasteiger partial charge in [0, 0.05) is 0 Å². The minimum atomic E-state index is -1.11. The van der Waals surface area contributed by atoms with E-state index in [-0.39, 0.29) is 24.8 Å². The number of halogens is 2. The summed E-state index contributed by atoms with van der Waals surface area (Å²) < 4.78 is 1.34. The van der Waals surface area contributed by atoms with E-state index < -0.39 is 22.9 Å². The van der Waals surface area contributed by atoms with Gasteiger partial charge in [-0.3, -0.25) is 0 Å². The number of hydrogen-bond donors (Lipinski definition) is 0. The summed E-state index contributed by atoms with van der Waals surface area (Å²) in [4.78, 5) is 2.95. The zero-order chi connectivity index (χ0) is 22.4. The van der Waals surface area contributed by atoms with Crippen molar-refractivity contribution in [2.45, 2.75) is 42.5 Å². The molecular weight excluding hydrogens is 674 g/mol. The predicted molar refractivity (Wildman–Crippen MR) is 141 cm³/mol. The molecule has 6 rings (SSSR count). The average molecular weight is 700 g/mol. The SMILES string of the molecule is CC1=CC(C=C2c3ccccc3S[CH]2[Hf+2][CH]2Sc3ccccc3C2=CC2=CCC(C)=C2)=CC1.[Cl-].[Cl-]. The van der Waals surface area contributed by atoms with Crippen molar-refractivity contribution in [3.05, 3.63) is 118 Å². The van der Waals surface area contributed by atoms with Crippen molar-refractivity contribution in [3.8, 4) is 0 Å². The molecule has 0 nitrogen and oxygen atoms in total. The number of benzene rings is 2. The summed E-state index contributed by atoms with van der Waals surface area (Å²) in [5, 5.41) is 0. The van der Waals surface area contributed by atoms with Gasteiger partial charge >= 0.3 is 218 Å². The first kappa shape index (κ1) is 27.1. The van der Waals surface area contributed by atoms with Crippen LogP contribution in [-0.2, 0) is 22.9 Å². The van der Waals surface area contributed by atoms with Crippen LogP contribution >= 0.6 is 23.5 Å². The van der Waals surface area contributed by atoms with E-state index in [1.165, 1.54) is 43.2 Å². The Morgan fingerprint density at radius 2 is 1.11 bits per heavy atom. The van der Waals surface area contributed by atoms with E-state index in [1.807, 2.05) is 0 Å². The summed E-state index contributed by atoms with van der Waals surface area (Å²) >= 11 is 3.17. The van der Waals surface area contributed by atoms with Gasteiger partial charge in [0.25, 0.3) is 0 Å². The Morgan fingerprint density at radius 3 is 1.51 bits per heavy atom. The maximum absolute atomic E-state index is 2.51. The van der Waals surface area contributed by atoms with Crippen molar-refractivity contribution >= 4 is 34.7 Å². The van der Waals surface area contributed by atoms with Crippen LogP contribution in [0.3, 0.4) is 0 Å². The predicted octanol–water partition coefficient (Wildman–Crippen LogP) is 2.66. The van der Waals surface area contributed by atoms with Gasteiger partial charge in [0.1, 0.15) is 0 Å². The molecule has 0 saturated carbocycles. The zero-order valence-corrected chi connectivity index (χ0v) is 26.5. The Kier molecular flexibility index (Phi) is 8.98. The van der Waals surface area contributed by atoms with E-state index in [1.54, 1.807) is 11.1 Å². The van der Waals surface area contributed by atoms with Crippen LogP contribution in [0.1, 0.15) is 37.8 Å². The van der Waals surface area contributed by atoms with Crippen molar-refractivity contribution in [1.82, 2.24) is 0 Å². The van der Waals surface area contributed by atoms with E-state index in [0.29, 0.717) is 6.01 Å².